The van der Waals surface area contributed by atoms with Crippen molar-refractivity contribution in [1.82, 2.24) is 82.3 Å². The lowest BCUT2D eigenvalue weighted by atomic mass is 9.81. The monoisotopic (exact) mass is 1760 g/mol. The molecule has 2 aliphatic carbocycles. The van der Waals surface area contributed by atoms with Crippen LogP contribution >= 0.6 is 0 Å². The number of imidazole rings is 4. The number of aromatic nitrogens is 16. The number of nitrogens with two attached hydrogens (primary N) is 5. The van der Waals surface area contributed by atoms with Crippen LogP contribution in [0.1, 0.15) is 127 Å². The number of nitrogen functional groups attached to an aromatic ring is 4. The molecule has 658 valence electrons. The number of hydrogen-bond acceptors (Lipinski definition) is 19. The van der Waals surface area contributed by atoms with E-state index in [0.717, 1.165) is 237 Å². The summed E-state index contributed by atoms with van der Waals surface area (Å²) in [5.41, 5.74) is 54.6. The fourth-order valence-electron chi connectivity index (χ4n) is 19.3. The normalized spacial score (nSPS) is 15.5. The Kier molecular flexibility index (Phi) is 22.7. The van der Waals surface area contributed by atoms with Crippen molar-refractivity contribution >= 4 is 101 Å². The highest BCUT2D eigenvalue weighted by atomic mass is 16.2. The third-order valence-corrected chi connectivity index (χ3v) is 26.3. The summed E-state index contributed by atoms with van der Waals surface area (Å²) >= 11 is 0. The predicted molar refractivity (Wildman–Crippen MR) is 533 cm³/mol. The number of fused-ring (bicyclic) bond motifs is 9. The lowest BCUT2D eigenvalue weighted by Crippen LogP contribution is -2.35. The van der Waals surface area contributed by atoms with E-state index in [2.05, 4.69) is 206 Å². The number of carbonyl (C=O) groups is 2. The van der Waals surface area contributed by atoms with E-state index in [-0.39, 0.29) is 29.6 Å². The van der Waals surface area contributed by atoms with Gasteiger partial charge in [-0.1, -0.05) is 220 Å². The van der Waals surface area contributed by atoms with Crippen molar-refractivity contribution in [3.05, 3.63) is 351 Å². The number of nitrogens with zero attached hydrogens (tertiary/aromatic N) is 17. The van der Waals surface area contributed by atoms with Crippen LogP contribution < -0.4 is 28.7 Å². The highest BCUT2D eigenvalue weighted by Crippen LogP contribution is 2.44. The SMILES string of the molecule is CC(C)c1nc(-c2ccc3ccc(-c4ccccc4)nc3c2)c2c(N)nccn12.Cc1nc(-c2ccc3ccc(-c4ccccc4)nc3c2)c2c(N)nccn12.NCC1CCC(c2nc(-c3ccc4ccc(-c5ccccc5)nc4c3)c3c(N)nccn23)CC1.Nc1nccn2c(C3CCC(CN4C(=O)c5ccccc5C4=O)CC3)nc(-c3ccc4ccc(-c5ccccc5)nc4c3)c12. The van der Waals surface area contributed by atoms with Crippen LogP contribution in [-0.4, -0.2) is 107 Å². The summed E-state index contributed by atoms with van der Waals surface area (Å²) in [6.45, 7) is 7.44. The lowest BCUT2D eigenvalue weighted by molar-refractivity contribution is 0.0614. The van der Waals surface area contributed by atoms with E-state index < -0.39 is 0 Å². The second-order valence-electron chi connectivity index (χ2n) is 35.1. The summed E-state index contributed by atoms with van der Waals surface area (Å²) in [4.78, 5) is 84.3. The maximum absolute atomic E-state index is 12.9. The topological polar surface area (TPSA) is 340 Å². The van der Waals surface area contributed by atoms with Gasteiger partial charge in [-0.15, -0.1) is 0 Å². The molecule has 12 aromatic heterocycles. The predicted octanol–water partition coefficient (Wildman–Crippen LogP) is 22.0. The molecule has 24 heteroatoms. The highest BCUT2D eigenvalue weighted by molar-refractivity contribution is 6.21. The van der Waals surface area contributed by atoms with Gasteiger partial charge in [0, 0.05) is 140 Å². The first-order valence-corrected chi connectivity index (χ1v) is 45.6. The van der Waals surface area contributed by atoms with Gasteiger partial charge in [0.1, 0.15) is 91.4 Å². The fraction of sp³-hybridized carbons (Fsp3) is 0.164. The number of hydrogen-bond donors (Lipinski definition) is 5. The summed E-state index contributed by atoms with van der Waals surface area (Å²) in [5, 5.41) is 4.33. The number of carbonyl (C=O) groups excluding carboxylic acids is 2. The second kappa shape index (κ2) is 36.0. The zero-order valence-corrected chi connectivity index (χ0v) is 74.3. The largest absolute Gasteiger partial charge is 0.382 e. The summed E-state index contributed by atoms with van der Waals surface area (Å²) in [6, 6.07) is 89.5. The van der Waals surface area contributed by atoms with Crippen molar-refractivity contribution < 1.29 is 9.59 Å². The summed E-state index contributed by atoms with van der Waals surface area (Å²) in [5.74, 6) is 7.17. The van der Waals surface area contributed by atoms with Gasteiger partial charge in [-0.3, -0.25) is 32.1 Å². The van der Waals surface area contributed by atoms with Crippen molar-refractivity contribution in [1.29, 1.82) is 0 Å². The Balaban J connectivity index is 0.000000109. The van der Waals surface area contributed by atoms with Gasteiger partial charge < -0.3 is 28.7 Å². The average molecular weight is 1760 g/mol. The van der Waals surface area contributed by atoms with Crippen molar-refractivity contribution in [2.75, 3.05) is 36.0 Å². The molecule has 0 bridgehead atoms. The van der Waals surface area contributed by atoms with Gasteiger partial charge >= 0.3 is 0 Å². The van der Waals surface area contributed by atoms with E-state index in [9.17, 15) is 9.59 Å². The highest BCUT2D eigenvalue weighted by Gasteiger charge is 2.38. The smallest absolute Gasteiger partial charge is 0.261 e. The molecule has 2 fully saturated rings. The Hall–Kier alpha value is -16.6. The van der Waals surface area contributed by atoms with Crippen molar-refractivity contribution in [2.24, 2.45) is 17.6 Å². The molecule has 0 saturated heterocycles. The zero-order valence-electron chi connectivity index (χ0n) is 74.3. The van der Waals surface area contributed by atoms with E-state index >= 15 is 0 Å². The Morgan fingerprint density at radius 3 is 0.970 bits per heavy atom. The van der Waals surface area contributed by atoms with Gasteiger partial charge in [-0.25, -0.2) is 59.8 Å². The van der Waals surface area contributed by atoms with Gasteiger partial charge in [0.05, 0.1) is 56.0 Å². The van der Waals surface area contributed by atoms with E-state index in [4.69, 9.17) is 68.5 Å². The maximum Gasteiger partial charge on any atom is 0.261 e. The molecule has 21 aromatic rings. The fourth-order valence-corrected chi connectivity index (χ4v) is 19.3. The molecule has 0 spiro atoms. The van der Waals surface area contributed by atoms with Gasteiger partial charge in [-0.2, -0.15) is 0 Å². The molecule has 2 saturated carbocycles. The first-order chi connectivity index (χ1) is 65.6. The minimum Gasteiger partial charge on any atom is -0.382 e. The number of benzene rings is 9. The van der Waals surface area contributed by atoms with Crippen molar-refractivity contribution in [2.45, 2.75) is 89.9 Å². The number of aryl methyl sites for hydroxylation is 1. The second-order valence-corrected chi connectivity index (χ2v) is 35.1. The number of pyridine rings is 4. The molecule has 24 nitrogen and oxygen atoms in total. The Bertz CT molecular complexity index is 8000. The van der Waals surface area contributed by atoms with E-state index in [1.165, 1.54) is 4.90 Å². The number of amides is 2. The molecule has 134 heavy (non-hydrogen) atoms. The van der Waals surface area contributed by atoms with Crippen LogP contribution in [-0.2, 0) is 0 Å². The number of anilines is 4. The quantitative estimate of drug-likeness (QED) is 0.0631. The molecular weight excluding hydrogens is 1660 g/mol. The van der Waals surface area contributed by atoms with E-state index in [1.54, 1.807) is 49.1 Å². The third-order valence-electron chi connectivity index (χ3n) is 26.3. The molecule has 13 heterocycles. The van der Waals surface area contributed by atoms with Gasteiger partial charge in [0.15, 0.2) is 0 Å². The first kappa shape index (κ1) is 84.3. The molecule has 0 unspecified atom stereocenters. The number of imide groups is 1. The van der Waals surface area contributed by atoms with Crippen LogP contribution in [0.15, 0.2) is 316 Å². The molecular formula is C110H96N22O2. The van der Waals surface area contributed by atoms with Crippen LogP contribution in [0.5, 0.6) is 0 Å². The van der Waals surface area contributed by atoms with E-state index in [0.29, 0.717) is 52.8 Å². The molecule has 0 atom stereocenters. The Labute approximate surface area is 772 Å². The van der Waals surface area contributed by atoms with Gasteiger partial charge in [-0.05, 0) is 137 Å². The average Bonchev–Trinajstić information content (AvgIpc) is 1.60. The van der Waals surface area contributed by atoms with Crippen LogP contribution in [0.25, 0.3) is 156 Å². The van der Waals surface area contributed by atoms with E-state index in [1.807, 2.05) is 119 Å². The summed E-state index contributed by atoms with van der Waals surface area (Å²) in [6.07, 6.45) is 22.7. The standard InChI is InChI=1S/C36H30N6O2.C28H28N6.C24H21N5.C22H17N5/c37-33-32-31(26-15-14-24-16-17-29(39-30(24)20-26)23-6-2-1-3-7-23)40-34(41(32)19-18-38-33)25-12-10-22(11-13-25)21-42-35(43)27-8-4-5-9-28(27)36(42)44;29-17-18-6-8-21(9-7-18)28-33-25(26-27(30)31-14-15-34(26)28)22-11-10-20-12-13-23(32-24(20)16-22)19-4-2-1-3-5-19;1-15(2)24-28-21(22-23(25)26-12-13-29(22)24)18-9-8-17-10-11-19(27-20(17)14-18)16-6-4-3-5-7-16;1-14-25-20(21-22(23)24-11-12-27(14)21)17-8-7-16-9-10-18(26-19(16)13-17)15-5-3-2-4-6-15/h1-9,14-20,22,25H,10-13,21H2,(H2,37,38);1-5,10-16,18,21H,6-9,17,29H2,(H2,30,31);3-15H,1-2H3,(H2,25,26);2-13H,1H3,(H2,23,24). The summed E-state index contributed by atoms with van der Waals surface area (Å²) in [7, 11) is 0. The van der Waals surface area contributed by atoms with Crippen LogP contribution in [0.3, 0.4) is 0 Å². The minimum atomic E-state index is -0.180. The molecule has 3 aliphatic rings. The maximum atomic E-state index is 12.9. The minimum absolute atomic E-state index is 0.180. The Morgan fingerprint density at radius 2 is 0.619 bits per heavy atom. The van der Waals surface area contributed by atoms with Crippen LogP contribution in [0.2, 0.25) is 0 Å². The van der Waals surface area contributed by atoms with Crippen molar-refractivity contribution in [3.63, 3.8) is 0 Å². The number of rotatable bonds is 14. The molecule has 10 N–H and O–H groups in total. The lowest BCUT2D eigenvalue weighted by Gasteiger charge is -2.30. The van der Waals surface area contributed by atoms with Gasteiger partial charge in [0.2, 0.25) is 0 Å². The zero-order chi connectivity index (χ0) is 91.2. The molecule has 0 radical (unpaired) electrons. The molecule has 1 aliphatic heterocycles. The first-order valence-electron chi connectivity index (χ1n) is 45.6. The third kappa shape index (κ3) is 16.3. The molecule has 2 amide bonds. The van der Waals surface area contributed by atoms with Crippen LogP contribution in [0.4, 0.5) is 23.3 Å². The van der Waals surface area contributed by atoms with Crippen molar-refractivity contribution in [3.8, 4) is 90.1 Å². The summed E-state index contributed by atoms with van der Waals surface area (Å²) < 4.78 is 8.24. The molecule has 9 aromatic carbocycles. The van der Waals surface area contributed by atoms with Crippen LogP contribution in [0, 0.1) is 18.8 Å². The van der Waals surface area contributed by atoms with Gasteiger partial charge in [0.25, 0.3) is 11.8 Å². The Morgan fingerprint density at radius 1 is 0.321 bits per heavy atom. The molecule has 24 rings (SSSR count).